The number of anilines is 1. The van der Waals surface area contributed by atoms with Crippen molar-refractivity contribution in [2.24, 2.45) is 0 Å². The fourth-order valence-corrected chi connectivity index (χ4v) is 3.87. The van der Waals surface area contributed by atoms with Crippen LogP contribution in [0.1, 0.15) is 5.56 Å². The minimum atomic E-state index is -0.341. The van der Waals surface area contributed by atoms with Crippen molar-refractivity contribution in [1.82, 2.24) is 14.8 Å². The Kier molecular flexibility index (Phi) is 6.19. The van der Waals surface area contributed by atoms with Crippen molar-refractivity contribution in [3.63, 3.8) is 0 Å². The van der Waals surface area contributed by atoms with Gasteiger partial charge in [0, 0.05) is 42.7 Å². The number of hydrogen-bond acceptors (Lipinski definition) is 4. The third-order valence-electron chi connectivity index (χ3n) is 4.02. The molecule has 140 valence electrons. The lowest BCUT2D eigenvalue weighted by Crippen LogP contribution is -2.08. The van der Waals surface area contributed by atoms with E-state index in [4.69, 9.17) is 11.6 Å². The van der Waals surface area contributed by atoms with Crippen LogP contribution in [-0.2, 0) is 12.3 Å². The highest BCUT2D eigenvalue weighted by Crippen LogP contribution is 2.30. The number of thioether (sulfide) groups is 1. The van der Waals surface area contributed by atoms with Crippen molar-refractivity contribution in [2.75, 3.05) is 19.0 Å². The molecule has 0 saturated heterocycles. The highest BCUT2D eigenvalue weighted by atomic mass is 35.5. The van der Waals surface area contributed by atoms with E-state index < -0.39 is 0 Å². The zero-order valence-corrected chi connectivity index (χ0v) is 16.8. The topological polar surface area (TPSA) is 34.0 Å². The van der Waals surface area contributed by atoms with Gasteiger partial charge < -0.3 is 4.90 Å². The second-order valence-corrected chi connectivity index (χ2v) is 7.52. The van der Waals surface area contributed by atoms with E-state index in [1.165, 1.54) is 23.9 Å². The zero-order chi connectivity index (χ0) is 19.4. The lowest BCUT2D eigenvalue weighted by Gasteiger charge is -2.14. The summed E-state index contributed by atoms with van der Waals surface area (Å²) in [4.78, 5) is 2.05. The van der Waals surface area contributed by atoms with Gasteiger partial charge in [-0.1, -0.05) is 47.6 Å². The van der Waals surface area contributed by atoms with Gasteiger partial charge in [-0.2, -0.15) is 0 Å². The predicted molar refractivity (Wildman–Crippen MR) is 111 cm³/mol. The van der Waals surface area contributed by atoms with Gasteiger partial charge in [0.2, 0.25) is 0 Å². The highest BCUT2D eigenvalue weighted by Gasteiger charge is 2.15. The molecule has 0 fully saturated rings. The summed E-state index contributed by atoms with van der Waals surface area (Å²) in [6.07, 6.45) is 1.82. The van der Waals surface area contributed by atoms with Crippen LogP contribution in [0.15, 0.2) is 60.3 Å². The number of halogens is 2. The van der Waals surface area contributed by atoms with E-state index in [1.54, 1.807) is 6.07 Å². The van der Waals surface area contributed by atoms with Crippen LogP contribution in [0.5, 0.6) is 0 Å². The highest BCUT2D eigenvalue weighted by molar-refractivity contribution is 7.98. The van der Waals surface area contributed by atoms with Crippen LogP contribution in [0.2, 0.25) is 5.02 Å². The Morgan fingerprint density at radius 1 is 1.22 bits per heavy atom. The molecule has 0 aliphatic heterocycles. The van der Waals surface area contributed by atoms with E-state index in [9.17, 15) is 4.39 Å². The Hall–Kier alpha value is -2.31. The number of allylic oxidation sites excluding steroid dienone is 1. The summed E-state index contributed by atoms with van der Waals surface area (Å²) < 4.78 is 15.2. The molecule has 0 radical (unpaired) electrons. The summed E-state index contributed by atoms with van der Waals surface area (Å²) in [7, 11) is 4.00. The molecule has 1 aromatic heterocycles. The third kappa shape index (κ3) is 4.51. The molecule has 27 heavy (non-hydrogen) atoms. The Bertz CT molecular complexity index is 955. The van der Waals surface area contributed by atoms with Crippen LogP contribution >= 0.6 is 23.4 Å². The molecule has 0 aliphatic carbocycles. The van der Waals surface area contributed by atoms with Gasteiger partial charge in [-0.15, -0.1) is 16.8 Å². The molecule has 0 spiro atoms. The summed E-state index contributed by atoms with van der Waals surface area (Å²) in [6.45, 7) is 4.43. The number of nitrogens with zero attached hydrogens (tertiary/aromatic N) is 4. The van der Waals surface area contributed by atoms with Crippen molar-refractivity contribution in [2.45, 2.75) is 17.5 Å². The molecule has 4 nitrogen and oxygen atoms in total. The number of aromatic nitrogens is 3. The lowest BCUT2D eigenvalue weighted by atomic mass is 10.2. The average molecular weight is 403 g/mol. The van der Waals surface area contributed by atoms with Gasteiger partial charge in [0.15, 0.2) is 11.0 Å². The molecular formula is C20H20ClFN4S. The Balaban J connectivity index is 1.89. The molecule has 7 heteroatoms. The van der Waals surface area contributed by atoms with Crippen LogP contribution in [0, 0.1) is 5.82 Å². The first-order valence-corrected chi connectivity index (χ1v) is 9.74. The first-order chi connectivity index (χ1) is 13.0. The van der Waals surface area contributed by atoms with Gasteiger partial charge in [0.25, 0.3) is 0 Å². The van der Waals surface area contributed by atoms with Crippen LogP contribution < -0.4 is 4.90 Å². The van der Waals surface area contributed by atoms with Gasteiger partial charge in [0.1, 0.15) is 5.82 Å². The predicted octanol–water partition coefficient (Wildman–Crippen LogP) is 5.28. The van der Waals surface area contributed by atoms with Crippen LogP contribution in [0.3, 0.4) is 0 Å². The van der Waals surface area contributed by atoms with Crippen molar-refractivity contribution >= 4 is 29.1 Å². The van der Waals surface area contributed by atoms with E-state index in [0.29, 0.717) is 17.3 Å². The summed E-state index contributed by atoms with van der Waals surface area (Å²) in [5.74, 6) is 1.02. The first kappa shape index (κ1) is 19.5. The van der Waals surface area contributed by atoms with Gasteiger partial charge in [-0.3, -0.25) is 4.57 Å². The van der Waals surface area contributed by atoms with Gasteiger partial charge in [-0.05, 0) is 29.8 Å². The van der Waals surface area contributed by atoms with Crippen LogP contribution in [0.4, 0.5) is 10.1 Å². The van der Waals surface area contributed by atoms with Crippen molar-refractivity contribution in [3.8, 4) is 11.4 Å². The Morgan fingerprint density at radius 3 is 2.74 bits per heavy atom. The Labute approximate surface area is 167 Å². The second-order valence-electron chi connectivity index (χ2n) is 6.17. The van der Waals surface area contributed by atoms with E-state index in [1.807, 2.05) is 47.8 Å². The standard InChI is InChI=1S/C20H20ClFN4S/c1-4-10-26-19(14-6-5-7-17(11-14)25(2)3)23-24-20(26)27-13-15-8-9-16(22)12-18(15)21/h4-9,11-12H,1,10,13H2,2-3H3. The normalized spacial score (nSPS) is 10.8. The first-order valence-electron chi connectivity index (χ1n) is 8.38. The van der Waals surface area contributed by atoms with E-state index in [-0.39, 0.29) is 5.82 Å². The molecule has 0 bridgehead atoms. The summed E-state index contributed by atoms with van der Waals surface area (Å²) >= 11 is 7.64. The van der Waals surface area contributed by atoms with Crippen molar-refractivity contribution in [1.29, 1.82) is 0 Å². The molecule has 2 aromatic carbocycles. The maximum Gasteiger partial charge on any atom is 0.192 e. The summed E-state index contributed by atoms with van der Waals surface area (Å²) in [5, 5.41) is 9.91. The maximum atomic E-state index is 13.2. The van der Waals surface area contributed by atoms with Crippen molar-refractivity contribution < 1.29 is 4.39 Å². The Morgan fingerprint density at radius 2 is 2.04 bits per heavy atom. The molecule has 3 rings (SSSR count). The smallest absolute Gasteiger partial charge is 0.192 e. The van der Waals surface area contributed by atoms with Gasteiger partial charge in [0.05, 0.1) is 0 Å². The molecule has 0 atom stereocenters. The minimum absolute atomic E-state index is 0.341. The SMILES string of the molecule is C=CCn1c(SCc2ccc(F)cc2Cl)nnc1-c1cccc(N(C)C)c1. The molecule has 0 amide bonds. The van der Waals surface area contributed by atoms with Crippen molar-refractivity contribution in [3.05, 3.63) is 71.5 Å². The van der Waals surface area contributed by atoms with E-state index in [0.717, 1.165) is 27.8 Å². The zero-order valence-electron chi connectivity index (χ0n) is 15.2. The molecule has 0 aliphatic rings. The molecule has 0 unspecified atom stereocenters. The fraction of sp³-hybridized carbons (Fsp3) is 0.200. The van der Waals surface area contributed by atoms with Crippen LogP contribution in [-0.4, -0.2) is 28.9 Å². The molecule has 0 N–H and O–H groups in total. The molecule has 3 aromatic rings. The van der Waals surface area contributed by atoms with Crippen LogP contribution in [0.25, 0.3) is 11.4 Å². The average Bonchev–Trinajstić information content (AvgIpc) is 3.04. The lowest BCUT2D eigenvalue weighted by molar-refractivity contribution is 0.627. The maximum absolute atomic E-state index is 13.2. The molecule has 0 saturated carbocycles. The molecular weight excluding hydrogens is 383 g/mol. The minimum Gasteiger partial charge on any atom is -0.378 e. The number of hydrogen-bond donors (Lipinski definition) is 0. The number of benzene rings is 2. The van der Waals surface area contributed by atoms with E-state index >= 15 is 0 Å². The monoisotopic (exact) mass is 402 g/mol. The van der Waals surface area contributed by atoms with Gasteiger partial charge in [-0.25, -0.2) is 4.39 Å². The summed E-state index contributed by atoms with van der Waals surface area (Å²) in [6, 6.07) is 12.6. The molecule has 1 heterocycles. The summed E-state index contributed by atoms with van der Waals surface area (Å²) in [5.41, 5.74) is 2.93. The third-order valence-corrected chi connectivity index (χ3v) is 5.39. The quantitative estimate of drug-likeness (QED) is 0.397. The number of rotatable bonds is 7. The van der Waals surface area contributed by atoms with Gasteiger partial charge >= 0.3 is 0 Å². The fourth-order valence-electron chi connectivity index (χ4n) is 2.61. The second kappa shape index (κ2) is 8.59. The van der Waals surface area contributed by atoms with E-state index in [2.05, 4.69) is 22.8 Å². The largest absolute Gasteiger partial charge is 0.378 e.